The Morgan fingerprint density at radius 2 is 1.74 bits per heavy atom. The maximum Gasteiger partial charge on any atom is 0.225 e. The summed E-state index contributed by atoms with van der Waals surface area (Å²) in [6.45, 7) is 2.49. The summed E-state index contributed by atoms with van der Waals surface area (Å²) in [6, 6.07) is 13.4. The summed E-state index contributed by atoms with van der Waals surface area (Å²) in [5.74, 6) is 1.76. The third kappa shape index (κ3) is 4.15. The first kappa shape index (κ1) is 21.0. The number of amides is 1. The van der Waals surface area contributed by atoms with Crippen LogP contribution in [0.2, 0.25) is 0 Å². The Morgan fingerprint density at radius 3 is 2.48 bits per heavy atom. The molecule has 0 spiro atoms. The van der Waals surface area contributed by atoms with Crippen LogP contribution >= 0.6 is 0 Å². The first-order chi connectivity index (χ1) is 15.0. The summed E-state index contributed by atoms with van der Waals surface area (Å²) in [7, 11) is 3.19. The molecule has 6 nitrogen and oxygen atoms in total. The summed E-state index contributed by atoms with van der Waals surface area (Å²) in [4.78, 5) is 25.8. The predicted molar refractivity (Wildman–Crippen MR) is 117 cm³/mol. The lowest BCUT2D eigenvalue weighted by Crippen LogP contribution is -2.38. The average Bonchev–Trinajstić information content (AvgIpc) is 2.78. The zero-order valence-electron chi connectivity index (χ0n) is 18.1. The number of carbonyl (C=O) groups is 2. The van der Waals surface area contributed by atoms with Crippen molar-refractivity contribution in [3.8, 4) is 17.2 Å². The molecule has 0 bridgehead atoms. The van der Waals surface area contributed by atoms with Gasteiger partial charge in [0.1, 0.15) is 5.75 Å². The largest absolute Gasteiger partial charge is 0.494 e. The highest BCUT2D eigenvalue weighted by Gasteiger charge is 2.38. The number of carbonyl (C=O) groups excluding carboxylic acids is 2. The third-order valence-corrected chi connectivity index (χ3v) is 5.99. The Morgan fingerprint density at radius 1 is 0.935 bits per heavy atom. The smallest absolute Gasteiger partial charge is 0.225 e. The fourth-order valence-corrected chi connectivity index (χ4v) is 4.58. The van der Waals surface area contributed by atoms with Crippen molar-refractivity contribution in [1.29, 1.82) is 0 Å². The van der Waals surface area contributed by atoms with E-state index >= 15 is 0 Å². The highest BCUT2D eigenvalue weighted by atomic mass is 16.5. The molecule has 0 aromatic heterocycles. The number of hydrogen-bond donors (Lipinski definition) is 1. The van der Waals surface area contributed by atoms with Gasteiger partial charge in [-0.1, -0.05) is 18.2 Å². The van der Waals surface area contributed by atoms with E-state index in [4.69, 9.17) is 14.2 Å². The second-order valence-corrected chi connectivity index (χ2v) is 7.85. The predicted octanol–water partition coefficient (Wildman–Crippen LogP) is 4.11. The van der Waals surface area contributed by atoms with Gasteiger partial charge in [-0.3, -0.25) is 9.59 Å². The van der Waals surface area contributed by atoms with Crippen molar-refractivity contribution in [2.24, 2.45) is 0 Å². The van der Waals surface area contributed by atoms with Crippen LogP contribution in [0.25, 0.3) is 0 Å². The van der Waals surface area contributed by atoms with Gasteiger partial charge in [-0.15, -0.1) is 0 Å². The first-order valence-corrected chi connectivity index (χ1v) is 10.5. The third-order valence-electron chi connectivity index (χ3n) is 5.99. The molecule has 2 aliphatic rings. The minimum atomic E-state index is -0.247. The van der Waals surface area contributed by atoms with Crippen LogP contribution in [0.1, 0.15) is 49.1 Å². The molecule has 4 rings (SSSR count). The van der Waals surface area contributed by atoms with Gasteiger partial charge in [0.25, 0.3) is 0 Å². The molecule has 162 valence electrons. The van der Waals surface area contributed by atoms with Crippen LogP contribution in [-0.2, 0) is 9.59 Å². The van der Waals surface area contributed by atoms with E-state index in [1.165, 1.54) is 0 Å². The van der Waals surface area contributed by atoms with Crippen LogP contribution in [0.3, 0.4) is 0 Å². The number of Topliss-reactive ketones (excluding diaryl/α,β-unsaturated/α-hetero) is 1. The monoisotopic (exact) mass is 421 g/mol. The zero-order chi connectivity index (χ0) is 22.0. The molecule has 0 unspecified atom stereocenters. The fraction of sp³-hybridized carbons (Fsp3) is 0.360. The quantitative estimate of drug-likeness (QED) is 0.760. The van der Waals surface area contributed by atoms with Gasteiger partial charge in [0.2, 0.25) is 5.91 Å². The molecule has 0 radical (unpaired) electrons. The molecule has 1 N–H and O–H groups in total. The molecule has 0 saturated heterocycles. The number of benzene rings is 2. The van der Waals surface area contributed by atoms with E-state index in [0.29, 0.717) is 30.9 Å². The van der Waals surface area contributed by atoms with E-state index in [1.54, 1.807) is 14.2 Å². The Kier molecular flexibility index (Phi) is 5.98. The molecule has 2 atom stereocenters. The number of allylic oxidation sites excluding steroid dienone is 2. The lowest BCUT2D eigenvalue weighted by molar-refractivity contribution is -0.122. The highest BCUT2D eigenvalue weighted by molar-refractivity contribution is 6.02. The van der Waals surface area contributed by atoms with E-state index in [-0.39, 0.29) is 29.9 Å². The van der Waals surface area contributed by atoms with Crippen molar-refractivity contribution < 1.29 is 23.8 Å². The van der Waals surface area contributed by atoms with Gasteiger partial charge in [-0.25, -0.2) is 0 Å². The molecule has 2 aromatic carbocycles. The molecule has 31 heavy (non-hydrogen) atoms. The zero-order valence-corrected chi connectivity index (χ0v) is 18.1. The van der Waals surface area contributed by atoms with Gasteiger partial charge < -0.3 is 19.5 Å². The minimum Gasteiger partial charge on any atom is -0.494 e. The fourth-order valence-electron chi connectivity index (χ4n) is 4.58. The summed E-state index contributed by atoms with van der Waals surface area (Å²) in [6.07, 6.45) is 1.26. The SMILES string of the molecule is CCOc1cccc([C@H]2CC(=O)NC3=C2C(=O)C[C@H](c2ccc(OC)c(OC)c2)C3)c1. The lowest BCUT2D eigenvalue weighted by atomic mass is 9.73. The van der Waals surface area contributed by atoms with Crippen LogP contribution < -0.4 is 19.5 Å². The highest BCUT2D eigenvalue weighted by Crippen LogP contribution is 2.44. The van der Waals surface area contributed by atoms with Gasteiger partial charge in [-0.2, -0.15) is 0 Å². The molecular formula is C25H27NO5. The van der Waals surface area contributed by atoms with Crippen molar-refractivity contribution >= 4 is 11.7 Å². The first-order valence-electron chi connectivity index (χ1n) is 10.5. The normalized spacial score (nSPS) is 20.7. The average molecular weight is 421 g/mol. The van der Waals surface area contributed by atoms with E-state index < -0.39 is 0 Å². The number of ether oxygens (including phenoxy) is 3. The van der Waals surface area contributed by atoms with Gasteiger partial charge in [0.15, 0.2) is 17.3 Å². The van der Waals surface area contributed by atoms with E-state index in [1.807, 2.05) is 49.4 Å². The number of nitrogens with one attached hydrogen (secondary N) is 1. The van der Waals surface area contributed by atoms with Crippen molar-refractivity contribution in [1.82, 2.24) is 5.32 Å². The Hall–Kier alpha value is -3.28. The van der Waals surface area contributed by atoms with Crippen molar-refractivity contribution in [3.05, 3.63) is 64.9 Å². The summed E-state index contributed by atoms with van der Waals surface area (Å²) < 4.78 is 16.4. The van der Waals surface area contributed by atoms with E-state index in [9.17, 15) is 9.59 Å². The number of methoxy groups -OCH3 is 2. The Balaban J connectivity index is 1.67. The Bertz CT molecular complexity index is 1040. The number of rotatable bonds is 6. The van der Waals surface area contributed by atoms with Crippen LogP contribution in [-0.4, -0.2) is 32.5 Å². The molecule has 1 aliphatic heterocycles. The van der Waals surface area contributed by atoms with E-state index in [2.05, 4.69) is 5.32 Å². The van der Waals surface area contributed by atoms with Crippen LogP contribution in [0.5, 0.6) is 17.2 Å². The van der Waals surface area contributed by atoms with Crippen LogP contribution in [0.15, 0.2) is 53.7 Å². The molecule has 1 aliphatic carbocycles. The van der Waals surface area contributed by atoms with Gasteiger partial charge >= 0.3 is 0 Å². The van der Waals surface area contributed by atoms with Crippen LogP contribution in [0.4, 0.5) is 0 Å². The van der Waals surface area contributed by atoms with Crippen molar-refractivity contribution in [2.75, 3.05) is 20.8 Å². The summed E-state index contributed by atoms with van der Waals surface area (Å²) in [5.41, 5.74) is 3.39. The molecule has 1 amide bonds. The van der Waals surface area contributed by atoms with Crippen molar-refractivity contribution in [2.45, 2.75) is 38.0 Å². The van der Waals surface area contributed by atoms with Gasteiger partial charge in [-0.05, 0) is 54.7 Å². The van der Waals surface area contributed by atoms with Gasteiger partial charge in [0, 0.05) is 30.0 Å². The number of ketones is 1. The number of hydrogen-bond acceptors (Lipinski definition) is 5. The van der Waals surface area contributed by atoms with Gasteiger partial charge in [0.05, 0.1) is 20.8 Å². The van der Waals surface area contributed by atoms with E-state index in [0.717, 1.165) is 28.1 Å². The molecule has 0 fully saturated rings. The molecule has 0 saturated carbocycles. The Labute approximate surface area is 182 Å². The topological polar surface area (TPSA) is 73.9 Å². The summed E-state index contributed by atoms with van der Waals surface area (Å²) >= 11 is 0. The minimum absolute atomic E-state index is 0.0279. The lowest BCUT2D eigenvalue weighted by Gasteiger charge is -2.34. The second-order valence-electron chi connectivity index (χ2n) is 7.85. The molecule has 6 heteroatoms. The maximum absolute atomic E-state index is 13.3. The molecular weight excluding hydrogens is 394 g/mol. The molecule has 2 aromatic rings. The van der Waals surface area contributed by atoms with Crippen molar-refractivity contribution in [3.63, 3.8) is 0 Å². The summed E-state index contributed by atoms with van der Waals surface area (Å²) in [5, 5.41) is 2.97. The maximum atomic E-state index is 13.3. The second kappa shape index (κ2) is 8.84. The van der Waals surface area contributed by atoms with Crippen LogP contribution in [0, 0.1) is 0 Å². The molecule has 1 heterocycles. The standard InChI is InChI=1S/C25H27NO5/c1-4-31-18-7-5-6-16(10-18)19-14-24(28)26-20-11-17(12-21(27)25(19)20)15-8-9-22(29-2)23(13-15)30-3/h5-10,13,17,19H,4,11-12,14H2,1-3H3,(H,26,28)/t17-,19-/m1/s1.